The number of nitrogens with zero attached hydrogens (tertiary/aromatic N) is 1. The highest BCUT2D eigenvalue weighted by molar-refractivity contribution is 4.81. The first-order valence-electron chi connectivity index (χ1n) is 6.15. The van der Waals surface area contributed by atoms with Gasteiger partial charge in [0.25, 0.3) is 0 Å². The van der Waals surface area contributed by atoms with Gasteiger partial charge in [-0.3, -0.25) is 4.90 Å². The zero-order valence-electron chi connectivity index (χ0n) is 9.54. The molecule has 2 heteroatoms. The van der Waals surface area contributed by atoms with Crippen molar-refractivity contribution in [3.8, 4) is 0 Å². The number of hydrogen-bond donors (Lipinski definition) is 0. The summed E-state index contributed by atoms with van der Waals surface area (Å²) in [6, 6.07) is 0.859. The van der Waals surface area contributed by atoms with Gasteiger partial charge in [0.05, 0.1) is 12.2 Å². The summed E-state index contributed by atoms with van der Waals surface area (Å²) in [5.74, 6) is 0. The normalized spacial score (nSPS) is 37.3. The van der Waals surface area contributed by atoms with Crippen LogP contribution in [0.2, 0.25) is 0 Å². The van der Waals surface area contributed by atoms with Crippen molar-refractivity contribution in [2.24, 2.45) is 0 Å². The highest BCUT2D eigenvalue weighted by Gasteiger charge is 2.28. The number of hydrogen-bond acceptors (Lipinski definition) is 2. The average Bonchev–Trinajstić information content (AvgIpc) is 2.18. The molecule has 0 aromatic heterocycles. The van der Waals surface area contributed by atoms with Crippen molar-refractivity contribution in [1.29, 1.82) is 0 Å². The van der Waals surface area contributed by atoms with Crippen LogP contribution in [0.25, 0.3) is 0 Å². The van der Waals surface area contributed by atoms with Gasteiger partial charge in [0.15, 0.2) is 0 Å². The molecule has 0 aromatic rings. The van der Waals surface area contributed by atoms with Crippen LogP contribution in [0.1, 0.15) is 46.0 Å². The van der Waals surface area contributed by atoms with E-state index in [1.165, 1.54) is 32.1 Å². The lowest BCUT2D eigenvalue weighted by atomic mass is 9.93. The smallest absolute Gasteiger partial charge is 0.0678 e. The lowest BCUT2D eigenvalue weighted by molar-refractivity contribution is -0.0839. The van der Waals surface area contributed by atoms with E-state index in [-0.39, 0.29) is 0 Å². The minimum atomic E-state index is 0.431. The molecule has 2 fully saturated rings. The van der Waals surface area contributed by atoms with Crippen molar-refractivity contribution in [1.82, 2.24) is 4.90 Å². The van der Waals surface area contributed by atoms with Crippen molar-refractivity contribution in [3.05, 3.63) is 0 Å². The Morgan fingerprint density at radius 1 is 0.929 bits per heavy atom. The summed E-state index contributed by atoms with van der Waals surface area (Å²) < 4.78 is 5.77. The Labute approximate surface area is 87.6 Å². The van der Waals surface area contributed by atoms with Crippen LogP contribution in [0.5, 0.6) is 0 Å². The maximum atomic E-state index is 5.77. The third kappa shape index (κ3) is 2.48. The van der Waals surface area contributed by atoms with Gasteiger partial charge in [-0.25, -0.2) is 0 Å². The number of rotatable bonds is 1. The molecule has 14 heavy (non-hydrogen) atoms. The van der Waals surface area contributed by atoms with Crippen molar-refractivity contribution >= 4 is 0 Å². The van der Waals surface area contributed by atoms with E-state index in [9.17, 15) is 0 Å². The molecule has 1 aliphatic heterocycles. The highest BCUT2D eigenvalue weighted by atomic mass is 16.5. The fourth-order valence-electron chi connectivity index (χ4n) is 2.96. The molecule has 1 heterocycles. The minimum Gasteiger partial charge on any atom is -0.373 e. The molecule has 0 N–H and O–H groups in total. The first-order valence-corrected chi connectivity index (χ1v) is 6.15. The zero-order chi connectivity index (χ0) is 9.97. The summed E-state index contributed by atoms with van der Waals surface area (Å²) in [7, 11) is 0. The van der Waals surface area contributed by atoms with Crippen LogP contribution >= 0.6 is 0 Å². The predicted molar refractivity (Wildman–Crippen MR) is 58.5 cm³/mol. The van der Waals surface area contributed by atoms with E-state index in [0.717, 1.165) is 19.1 Å². The molecule has 2 nitrogen and oxygen atoms in total. The molecule has 2 atom stereocenters. The Morgan fingerprint density at radius 2 is 1.50 bits per heavy atom. The van der Waals surface area contributed by atoms with Crippen molar-refractivity contribution in [3.63, 3.8) is 0 Å². The standard InChI is InChI=1S/C12H23NO/c1-10-8-13(9-11(2)14-10)12-6-4-3-5-7-12/h10-12H,3-9H2,1-2H3/t10-,11-/m1/s1. The summed E-state index contributed by atoms with van der Waals surface area (Å²) in [6.45, 7) is 6.70. The zero-order valence-corrected chi connectivity index (χ0v) is 9.54. The van der Waals surface area contributed by atoms with Gasteiger partial charge < -0.3 is 4.74 Å². The van der Waals surface area contributed by atoms with Crippen molar-refractivity contribution in [2.75, 3.05) is 13.1 Å². The van der Waals surface area contributed by atoms with Crippen LogP contribution in [0, 0.1) is 0 Å². The maximum Gasteiger partial charge on any atom is 0.0678 e. The van der Waals surface area contributed by atoms with Gasteiger partial charge in [-0.1, -0.05) is 19.3 Å². The summed E-state index contributed by atoms with van der Waals surface area (Å²) in [5.41, 5.74) is 0. The third-order valence-electron chi connectivity index (χ3n) is 3.54. The van der Waals surface area contributed by atoms with Crippen LogP contribution in [-0.2, 0) is 4.74 Å². The number of ether oxygens (including phenoxy) is 1. The third-order valence-corrected chi connectivity index (χ3v) is 3.54. The molecule has 0 unspecified atom stereocenters. The molecule has 1 saturated carbocycles. The second kappa shape index (κ2) is 4.63. The van der Waals surface area contributed by atoms with Gasteiger partial charge in [-0.2, -0.15) is 0 Å². The largest absolute Gasteiger partial charge is 0.373 e. The molecule has 0 spiro atoms. The van der Waals surface area contributed by atoms with Crippen molar-refractivity contribution < 1.29 is 4.74 Å². The second-order valence-electron chi connectivity index (χ2n) is 5.00. The monoisotopic (exact) mass is 197 g/mol. The quantitative estimate of drug-likeness (QED) is 0.640. The topological polar surface area (TPSA) is 12.5 Å². The molecule has 82 valence electrons. The van der Waals surface area contributed by atoms with E-state index in [2.05, 4.69) is 18.7 Å². The van der Waals surface area contributed by atoms with E-state index in [4.69, 9.17) is 4.74 Å². The Bertz CT molecular complexity index is 167. The van der Waals surface area contributed by atoms with Crippen LogP contribution in [0.3, 0.4) is 0 Å². The van der Waals surface area contributed by atoms with E-state index >= 15 is 0 Å². The average molecular weight is 197 g/mol. The fraction of sp³-hybridized carbons (Fsp3) is 1.00. The first-order chi connectivity index (χ1) is 6.75. The lowest BCUT2D eigenvalue weighted by Gasteiger charge is -2.41. The summed E-state index contributed by atoms with van der Waals surface area (Å²) in [5, 5.41) is 0. The minimum absolute atomic E-state index is 0.431. The maximum absolute atomic E-state index is 5.77. The van der Waals surface area contributed by atoms with Gasteiger partial charge in [0.1, 0.15) is 0 Å². The van der Waals surface area contributed by atoms with E-state index in [1.807, 2.05) is 0 Å². The molecule has 1 saturated heterocycles. The van der Waals surface area contributed by atoms with Gasteiger partial charge in [-0.15, -0.1) is 0 Å². The molecule has 1 aliphatic carbocycles. The molecule has 2 rings (SSSR count). The summed E-state index contributed by atoms with van der Waals surface area (Å²) in [6.07, 6.45) is 8.02. The molecule has 0 amide bonds. The van der Waals surface area contributed by atoms with E-state index in [0.29, 0.717) is 12.2 Å². The molecule has 0 bridgehead atoms. The fourth-order valence-corrected chi connectivity index (χ4v) is 2.96. The number of morpholine rings is 1. The highest BCUT2D eigenvalue weighted by Crippen LogP contribution is 2.25. The Hall–Kier alpha value is -0.0800. The molecular weight excluding hydrogens is 174 g/mol. The molecular formula is C12H23NO. The Kier molecular flexibility index (Phi) is 3.45. The first kappa shape index (κ1) is 10.4. The van der Waals surface area contributed by atoms with Crippen LogP contribution in [0.15, 0.2) is 0 Å². The Morgan fingerprint density at radius 3 is 2.07 bits per heavy atom. The van der Waals surface area contributed by atoms with Crippen LogP contribution < -0.4 is 0 Å². The Balaban J connectivity index is 1.88. The summed E-state index contributed by atoms with van der Waals surface area (Å²) >= 11 is 0. The predicted octanol–water partition coefficient (Wildman–Crippen LogP) is 2.43. The molecule has 0 aromatic carbocycles. The molecule has 0 radical (unpaired) electrons. The van der Waals surface area contributed by atoms with Gasteiger partial charge in [0, 0.05) is 19.1 Å². The van der Waals surface area contributed by atoms with Gasteiger partial charge in [0.2, 0.25) is 0 Å². The summed E-state index contributed by atoms with van der Waals surface area (Å²) in [4.78, 5) is 2.66. The van der Waals surface area contributed by atoms with Crippen LogP contribution in [0.4, 0.5) is 0 Å². The van der Waals surface area contributed by atoms with Crippen LogP contribution in [-0.4, -0.2) is 36.2 Å². The van der Waals surface area contributed by atoms with E-state index < -0.39 is 0 Å². The SMILES string of the molecule is C[C@@H]1CN(C2CCCCC2)C[C@@H](C)O1. The van der Waals surface area contributed by atoms with Gasteiger partial charge >= 0.3 is 0 Å². The lowest BCUT2D eigenvalue weighted by Crippen LogP contribution is -2.50. The van der Waals surface area contributed by atoms with Gasteiger partial charge in [-0.05, 0) is 26.7 Å². The molecule has 2 aliphatic rings. The van der Waals surface area contributed by atoms with Crippen molar-refractivity contribution in [2.45, 2.75) is 64.2 Å². The van der Waals surface area contributed by atoms with E-state index in [1.54, 1.807) is 0 Å². The second-order valence-corrected chi connectivity index (χ2v) is 5.00.